The van der Waals surface area contributed by atoms with Crippen molar-refractivity contribution in [3.8, 4) is 34.3 Å². The van der Waals surface area contributed by atoms with Crippen LogP contribution >= 0.6 is 15.9 Å². The van der Waals surface area contributed by atoms with E-state index in [4.69, 9.17) is 9.47 Å². The molecule has 4 rings (SSSR count). The number of esters is 1. The van der Waals surface area contributed by atoms with Gasteiger partial charge in [-0.3, -0.25) is 0 Å². The largest absolute Gasteiger partial charge is 0.463 e. The second-order valence-electron chi connectivity index (χ2n) is 7.35. The molecule has 0 saturated heterocycles. The van der Waals surface area contributed by atoms with Crippen LogP contribution in [-0.2, 0) is 9.53 Å². The Morgan fingerprint density at radius 2 is 1.62 bits per heavy atom. The standard InChI is InChI=1S/C28H21BrN2O3/c1-2-33-28(32)26(20-13-7-4-8-14-20)34-27-23(18-30)22(19-11-5-3-6-12-19)17-25(31-27)21-15-9-10-16-24(21)29/h3-17,26H,2H2,1H3. The van der Waals surface area contributed by atoms with Gasteiger partial charge in [0.2, 0.25) is 12.0 Å². The molecule has 0 bridgehead atoms. The number of aromatic nitrogens is 1. The Morgan fingerprint density at radius 1 is 0.971 bits per heavy atom. The summed E-state index contributed by atoms with van der Waals surface area (Å²) in [6, 6.07) is 30.4. The fourth-order valence-corrected chi connectivity index (χ4v) is 4.06. The molecule has 3 aromatic carbocycles. The van der Waals surface area contributed by atoms with Gasteiger partial charge in [0.25, 0.3) is 0 Å². The highest BCUT2D eigenvalue weighted by Crippen LogP contribution is 2.37. The van der Waals surface area contributed by atoms with Crippen molar-refractivity contribution in [2.24, 2.45) is 0 Å². The highest BCUT2D eigenvalue weighted by molar-refractivity contribution is 9.10. The van der Waals surface area contributed by atoms with Gasteiger partial charge in [-0.15, -0.1) is 0 Å². The van der Waals surface area contributed by atoms with Crippen LogP contribution in [0.5, 0.6) is 5.88 Å². The van der Waals surface area contributed by atoms with Crippen molar-refractivity contribution in [1.29, 1.82) is 5.26 Å². The quantitative estimate of drug-likeness (QED) is 0.256. The van der Waals surface area contributed by atoms with E-state index >= 15 is 0 Å². The van der Waals surface area contributed by atoms with Crippen molar-refractivity contribution >= 4 is 21.9 Å². The van der Waals surface area contributed by atoms with E-state index in [1.807, 2.05) is 78.9 Å². The number of pyridine rings is 1. The minimum atomic E-state index is -1.07. The van der Waals surface area contributed by atoms with Crippen molar-refractivity contribution < 1.29 is 14.3 Å². The molecule has 1 aromatic heterocycles. The van der Waals surface area contributed by atoms with Crippen LogP contribution in [-0.4, -0.2) is 17.6 Å². The second-order valence-corrected chi connectivity index (χ2v) is 8.21. The van der Waals surface area contributed by atoms with Crippen LogP contribution in [0.4, 0.5) is 0 Å². The predicted molar refractivity (Wildman–Crippen MR) is 134 cm³/mol. The van der Waals surface area contributed by atoms with E-state index in [0.717, 1.165) is 15.6 Å². The zero-order valence-corrected chi connectivity index (χ0v) is 20.0. The first-order valence-corrected chi connectivity index (χ1v) is 11.6. The highest BCUT2D eigenvalue weighted by Gasteiger charge is 2.27. The molecule has 0 amide bonds. The van der Waals surface area contributed by atoms with Gasteiger partial charge >= 0.3 is 5.97 Å². The Hall–Kier alpha value is -3.95. The summed E-state index contributed by atoms with van der Waals surface area (Å²) in [5.74, 6) is -0.483. The van der Waals surface area contributed by atoms with Gasteiger partial charge in [0.1, 0.15) is 11.6 Å². The number of nitriles is 1. The maximum atomic E-state index is 12.8. The molecule has 168 valence electrons. The van der Waals surface area contributed by atoms with Crippen molar-refractivity contribution in [3.63, 3.8) is 0 Å². The Bertz CT molecular complexity index is 1340. The average molecular weight is 513 g/mol. The topological polar surface area (TPSA) is 72.2 Å². The van der Waals surface area contributed by atoms with Crippen LogP contribution in [0.25, 0.3) is 22.4 Å². The van der Waals surface area contributed by atoms with E-state index in [2.05, 4.69) is 27.0 Å². The number of ether oxygens (including phenoxy) is 2. The molecule has 1 unspecified atom stereocenters. The minimum Gasteiger partial charge on any atom is -0.463 e. The second kappa shape index (κ2) is 10.8. The van der Waals surface area contributed by atoms with Gasteiger partial charge in [-0.05, 0) is 24.6 Å². The van der Waals surface area contributed by atoms with Crippen LogP contribution in [0.3, 0.4) is 0 Å². The van der Waals surface area contributed by atoms with E-state index < -0.39 is 12.1 Å². The molecular weight excluding hydrogens is 492 g/mol. The summed E-state index contributed by atoms with van der Waals surface area (Å²) < 4.78 is 12.3. The summed E-state index contributed by atoms with van der Waals surface area (Å²) in [6.07, 6.45) is -1.07. The fourth-order valence-electron chi connectivity index (χ4n) is 3.58. The molecule has 0 aliphatic carbocycles. The highest BCUT2D eigenvalue weighted by atomic mass is 79.9. The van der Waals surface area contributed by atoms with Gasteiger partial charge in [-0.25, -0.2) is 9.78 Å². The predicted octanol–water partition coefficient (Wildman–Crippen LogP) is 6.73. The van der Waals surface area contributed by atoms with Crippen molar-refractivity contribution in [3.05, 3.63) is 107 Å². The third-order valence-corrected chi connectivity index (χ3v) is 5.86. The monoisotopic (exact) mass is 512 g/mol. The van der Waals surface area contributed by atoms with Crippen LogP contribution < -0.4 is 4.74 Å². The van der Waals surface area contributed by atoms with E-state index in [1.54, 1.807) is 19.1 Å². The van der Waals surface area contributed by atoms with Gasteiger partial charge in [-0.1, -0.05) is 94.8 Å². The number of benzene rings is 3. The summed E-state index contributed by atoms with van der Waals surface area (Å²) >= 11 is 3.59. The lowest BCUT2D eigenvalue weighted by atomic mass is 9.98. The first kappa shape index (κ1) is 23.2. The van der Waals surface area contributed by atoms with Gasteiger partial charge in [0.15, 0.2) is 0 Å². The van der Waals surface area contributed by atoms with E-state index in [9.17, 15) is 10.1 Å². The first-order chi connectivity index (χ1) is 16.6. The van der Waals surface area contributed by atoms with Crippen molar-refractivity contribution in [2.45, 2.75) is 13.0 Å². The SMILES string of the molecule is CCOC(=O)C(Oc1nc(-c2ccccc2Br)cc(-c2ccccc2)c1C#N)c1ccccc1. The molecule has 0 N–H and O–H groups in total. The summed E-state index contributed by atoms with van der Waals surface area (Å²) in [5.41, 5.74) is 3.80. The molecule has 4 aromatic rings. The molecule has 0 aliphatic heterocycles. The van der Waals surface area contributed by atoms with Gasteiger partial charge in [0.05, 0.1) is 12.3 Å². The van der Waals surface area contributed by atoms with Gasteiger partial charge < -0.3 is 9.47 Å². The molecule has 0 spiro atoms. The zero-order valence-electron chi connectivity index (χ0n) is 18.4. The fraction of sp³-hybridized carbons (Fsp3) is 0.107. The number of halogens is 1. The van der Waals surface area contributed by atoms with E-state index in [-0.39, 0.29) is 18.1 Å². The summed E-state index contributed by atoms with van der Waals surface area (Å²) in [6.45, 7) is 1.94. The summed E-state index contributed by atoms with van der Waals surface area (Å²) in [5, 5.41) is 10.1. The molecule has 0 fully saturated rings. The van der Waals surface area contributed by atoms with Gasteiger partial charge in [0, 0.05) is 21.2 Å². The smallest absolute Gasteiger partial charge is 0.352 e. The van der Waals surface area contributed by atoms with E-state index in [0.29, 0.717) is 16.8 Å². The van der Waals surface area contributed by atoms with Crippen molar-refractivity contribution in [2.75, 3.05) is 6.61 Å². The molecule has 0 radical (unpaired) electrons. The minimum absolute atomic E-state index is 0.0662. The lowest BCUT2D eigenvalue weighted by molar-refractivity contribution is -0.151. The number of rotatable bonds is 7. The van der Waals surface area contributed by atoms with Crippen LogP contribution in [0.1, 0.15) is 24.2 Å². The summed E-state index contributed by atoms with van der Waals surface area (Å²) in [7, 11) is 0. The Kier molecular flexibility index (Phi) is 7.36. The lowest BCUT2D eigenvalue weighted by Crippen LogP contribution is -2.22. The molecule has 5 nitrogen and oxygen atoms in total. The number of carbonyl (C=O) groups is 1. The molecule has 1 atom stereocenters. The molecule has 0 aliphatic rings. The normalized spacial score (nSPS) is 11.3. The van der Waals surface area contributed by atoms with Gasteiger partial charge in [-0.2, -0.15) is 5.26 Å². The number of hydrogen-bond acceptors (Lipinski definition) is 5. The number of carbonyl (C=O) groups excluding carboxylic acids is 1. The van der Waals surface area contributed by atoms with Crippen LogP contribution in [0.2, 0.25) is 0 Å². The third kappa shape index (κ3) is 5.00. The number of nitrogens with zero attached hydrogens (tertiary/aromatic N) is 2. The maximum absolute atomic E-state index is 12.8. The van der Waals surface area contributed by atoms with Crippen molar-refractivity contribution in [1.82, 2.24) is 4.98 Å². The van der Waals surface area contributed by atoms with Crippen LogP contribution in [0, 0.1) is 11.3 Å². The molecule has 0 saturated carbocycles. The molecule has 1 heterocycles. The molecule has 6 heteroatoms. The third-order valence-electron chi connectivity index (χ3n) is 5.17. The summed E-state index contributed by atoms with van der Waals surface area (Å²) in [4.78, 5) is 17.5. The molecular formula is C28H21BrN2O3. The van der Waals surface area contributed by atoms with Crippen LogP contribution in [0.15, 0.2) is 95.5 Å². The zero-order chi connectivity index (χ0) is 23.9. The van der Waals surface area contributed by atoms with E-state index in [1.165, 1.54) is 0 Å². The Morgan fingerprint density at radius 3 is 2.26 bits per heavy atom. The maximum Gasteiger partial charge on any atom is 0.352 e. The molecule has 34 heavy (non-hydrogen) atoms. The Balaban J connectivity index is 1.91. The average Bonchev–Trinajstić information content (AvgIpc) is 2.88. The lowest BCUT2D eigenvalue weighted by Gasteiger charge is -2.20. The number of hydrogen-bond donors (Lipinski definition) is 0. The Labute approximate surface area is 206 Å². The first-order valence-electron chi connectivity index (χ1n) is 10.8.